The van der Waals surface area contributed by atoms with Gasteiger partial charge in [-0.3, -0.25) is 0 Å². The van der Waals surface area contributed by atoms with Crippen LogP contribution in [0.1, 0.15) is 6.42 Å². The van der Waals surface area contributed by atoms with Crippen LogP contribution < -0.4 is 45.9 Å². The van der Waals surface area contributed by atoms with Gasteiger partial charge in [-0.1, -0.05) is 0 Å². The van der Waals surface area contributed by atoms with Crippen molar-refractivity contribution < 1.29 is 59.9 Å². The van der Waals surface area contributed by atoms with Crippen LogP contribution in [0.5, 0.6) is 0 Å². The molecule has 0 bridgehead atoms. The van der Waals surface area contributed by atoms with Gasteiger partial charge in [-0.2, -0.15) is 0 Å². The molecule has 0 aromatic heterocycles. The van der Waals surface area contributed by atoms with Gasteiger partial charge in [0, 0.05) is 0 Å². The van der Waals surface area contributed by atoms with E-state index in [-0.39, 0.29) is 44.1 Å². The molecule has 0 aromatic carbocycles. The van der Waals surface area contributed by atoms with Crippen LogP contribution >= 0.6 is 0 Å². The average Bonchev–Trinajstić information content (AvgIpc) is 1.81. The predicted octanol–water partition coefficient (Wildman–Crippen LogP) is -9.17. The smallest absolute Gasteiger partial charge is 1.00 e. The van der Waals surface area contributed by atoms with Gasteiger partial charge in [0.1, 0.15) is 0 Å². The van der Waals surface area contributed by atoms with Gasteiger partial charge in [0.2, 0.25) is 0 Å². The first kappa shape index (κ1) is 19.0. The van der Waals surface area contributed by atoms with Crippen LogP contribution in [0.25, 0.3) is 0 Å². The van der Waals surface area contributed by atoms with Crippen molar-refractivity contribution >= 4 is 14.2 Å². The van der Waals surface area contributed by atoms with Crippen molar-refractivity contribution in [2.45, 2.75) is 17.7 Å². The molecule has 0 aromatic rings. The van der Waals surface area contributed by atoms with E-state index in [1.807, 2.05) is 0 Å². The zero-order chi connectivity index (χ0) is 8.20. The molecular formula is C4H9AsLi2O5. The second-order valence-corrected chi connectivity index (χ2v) is 5.46. The van der Waals surface area contributed by atoms with E-state index in [0.717, 1.165) is 0 Å². The van der Waals surface area contributed by atoms with Crippen LogP contribution in [0.4, 0.5) is 0 Å². The van der Waals surface area contributed by atoms with Crippen molar-refractivity contribution in [1.82, 2.24) is 0 Å². The molecule has 5 nitrogen and oxygen atoms in total. The van der Waals surface area contributed by atoms with Crippen molar-refractivity contribution in [1.29, 1.82) is 0 Å². The molecule has 0 unspecified atom stereocenters. The van der Waals surface area contributed by atoms with E-state index in [2.05, 4.69) is 0 Å². The van der Waals surface area contributed by atoms with E-state index in [1.54, 1.807) is 0 Å². The Bertz CT molecular complexity index is 137. The first-order valence-corrected chi connectivity index (χ1v) is 6.38. The van der Waals surface area contributed by atoms with Crippen molar-refractivity contribution in [2.24, 2.45) is 0 Å². The summed E-state index contributed by atoms with van der Waals surface area (Å²) < 4.78 is 30.0. The van der Waals surface area contributed by atoms with Crippen molar-refractivity contribution in [3.8, 4) is 0 Å². The van der Waals surface area contributed by atoms with Crippen LogP contribution in [-0.4, -0.2) is 37.1 Å². The standard InChI is InChI=1S/C4H11AsO5.2Li/c6-3-4(7)1-2-5(8,9)10;;/h4,6-7H,1-3H2,(H2,8,9,10);;/q;2*+1/p-2/t4-;;/m0../s1. The molecule has 0 rings (SSSR count). The van der Waals surface area contributed by atoms with Crippen LogP contribution in [0.2, 0.25) is 5.21 Å². The maximum absolute atomic E-state index is 9.99. The molecule has 0 aliphatic heterocycles. The number of hydrogen-bond acceptors (Lipinski definition) is 5. The van der Waals surface area contributed by atoms with Gasteiger partial charge >= 0.3 is 98.4 Å². The Morgan fingerprint density at radius 2 is 1.75 bits per heavy atom. The van der Waals surface area contributed by atoms with Crippen LogP contribution in [0.3, 0.4) is 0 Å². The van der Waals surface area contributed by atoms with E-state index >= 15 is 0 Å². The summed E-state index contributed by atoms with van der Waals surface area (Å²) in [5.74, 6) is 0. The monoisotopic (exact) mass is 226 g/mol. The van der Waals surface area contributed by atoms with E-state index in [0.29, 0.717) is 0 Å². The third-order valence-corrected chi connectivity index (χ3v) is 2.64. The second kappa shape index (κ2) is 8.97. The summed E-state index contributed by atoms with van der Waals surface area (Å²) in [5, 5.41) is 16.2. The first-order valence-electron chi connectivity index (χ1n) is 2.75. The predicted molar refractivity (Wildman–Crippen MR) is 29.0 cm³/mol. The Morgan fingerprint density at radius 3 is 2.00 bits per heavy atom. The molecule has 0 aliphatic carbocycles. The minimum atomic E-state index is -5.06. The van der Waals surface area contributed by atoms with Gasteiger partial charge in [-0.25, -0.2) is 0 Å². The Morgan fingerprint density at radius 1 is 1.33 bits per heavy atom. The summed E-state index contributed by atoms with van der Waals surface area (Å²) in [6.07, 6.45) is -1.25. The molecule has 0 radical (unpaired) electrons. The summed E-state index contributed by atoms with van der Waals surface area (Å²) in [6.45, 7) is -0.504. The fraction of sp³-hybridized carbons (Fsp3) is 1.00. The molecule has 0 spiro atoms. The first-order chi connectivity index (χ1) is 4.45. The van der Waals surface area contributed by atoms with Crippen molar-refractivity contribution in [2.75, 3.05) is 6.61 Å². The Hall–Kier alpha value is 1.39. The van der Waals surface area contributed by atoms with Crippen molar-refractivity contribution in [3.05, 3.63) is 0 Å². The van der Waals surface area contributed by atoms with E-state index < -0.39 is 32.1 Å². The number of aliphatic hydroxyl groups is 2. The quantitative estimate of drug-likeness (QED) is 0.463. The van der Waals surface area contributed by atoms with E-state index in [9.17, 15) is 11.9 Å². The van der Waals surface area contributed by atoms with Crippen LogP contribution in [-0.2, 0) is 3.74 Å². The maximum Gasteiger partial charge on any atom is 1.00 e. The zero-order valence-electron chi connectivity index (χ0n) is 7.27. The van der Waals surface area contributed by atoms with E-state index in [4.69, 9.17) is 10.2 Å². The fourth-order valence-corrected chi connectivity index (χ4v) is 1.69. The van der Waals surface area contributed by atoms with Gasteiger partial charge in [-0.15, -0.1) is 0 Å². The largest absolute Gasteiger partial charge is 1.00 e. The second-order valence-electron chi connectivity index (χ2n) is 1.96. The van der Waals surface area contributed by atoms with E-state index in [1.165, 1.54) is 0 Å². The van der Waals surface area contributed by atoms with Gasteiger partial charge in [0.05, 0.1) is 0 Å². The molecule has 0 amide bonds. The Kier molecular flexibility index (Phi) is 14.2. The normalized spacial score (nSPS) is 12.7. The average molecular weight is 226 g/mol. The molecule has 1 atom stereocenters. The number of aliphatic hydroxyl groups excluding tert-OH is 2. The number of hydrogen-bond donors (Lipinski definition) is 2. The van der Waals surface area contributed by atoms with Crippen LogP contribution in [0.15, 0.2) is 0 Å². The third kappa shape index (κ3) is 13.9. The molecule has 12 heavy (non-hydrogen) atoms. The topological polar surface area (TPSA) is 104 Å². The molecule has 2 N–H and O–H groups in total. The molecule has 62 valence electrons. The van der Waals surface area contributed by atoms with Crippen molar-refractivity contribution in [3.63, 3.8) is 0 Å². The molecule has 0 saturated carbocycles. The third-order valence-electron chi connectivity index (χ3n) is 0.947. The van der Waals surface area contributed by atoms with Gasteiger partial charge < -0.3 is 0 Å². The summed E-state index contributed by atoms with van der Waals surface area (Å²) in [5.41, 5.74) is 0. The Labute approximate surface area is 97.9 Å². The maximum atomic E-state index is 9.99. The molecule has 0 fully saturated rings. The summed E-state index contributed by atoms with van der Waals surface area (Å²) in [7, 11) is 0. The molecular weight excluding hydrogens is 217 g/mol. The zero-order valence-corrected chi connectivity index (χ0v) is 9.14. The summed E-state index contributed by atoms with van der Waals surface area (Å²) in [4.78, 5) is 0. The minimum Gasteiger partial charge on any atom is 1.00 e. The fourth-order valence-electron chi connectivity index (χ4n) is 0.398. The molecule has 8 heteroatoms. The summed E-state index contributed by atoms with van der Waals surface area (Å²) >= 11 is -5.06. The number of rotatable bonds is 4. The Balaban J connectivity index is -0.000000405. The van der Waals surface area contributed by atoms with Crippen LogP contribution in [0, 0.1) is 0 Å². The van der Waals surface area contributed by atoms with Gasteiger partial charge in [-0.05, 0) is 0 Å². The molecule has 0 aliphatic rings. The molecule has 0 saturated heterocycles. The minimum absolute atomic E-state index is 0. The SMILES string of the molecule is O=[As]([O-])([O-])CC[C@H](O)CO.[Li+].[Li+]. The van der Waals surface area contributed by atoms with Gasteiger partial charge in [0.25, 0.3) is 0 Å². The summed E-state index contributed by atoms with van der Waals surface area (Å²) in [6, 6.07) is 0. The molecule has 0 heterocycles. The van der Waals surface area contributed by atoms with Gasteiger partial charge in [0.15, 0.2) is 0 Å².